The Kier molecular flexibility index (Phi) is 8.76. The lowest BCUT2D eigenvalue weighted by Crippen LogP contribution is -2.50. The molecule has 0 radical (unpaired) electrons. The van der Waals surface area contributed by atoms with E-state index >= 15 is 0 Å². The van der Waals surface area contributed by atoms with E-state index in [1.54, 1.807) is 20.8 Å². The first-order chi connectivity index (χ1) is 13.0. The normalized spacial score (nSPS) is 18.6. The molecular weight excluding hydrogens is 376 g/mol. The molecule has 1 aliphatic rings. The van der Waals surface area contributed by atoms with E-state index in [-0.39, 0.29) is 19.1 Å². The monoisotopic (exact) mass is 402 g/mol. The van der Waals surface area contributed by atoms with E-state index in [9.17, 15) is 19.2 Å². The number of nitrogens with two attached hydrogens (primary N) is 1. The van der Waals surface area contributed by atoms with Crippen molar-refractivity contribution in [3.63, 3.8) is 0 Å². The highest BCUT2D eigenvalue weighted by Gasteiger charge is 2.33. The number of rotatable bonds is 7. The zero-order valence-corrected chi connectivity index (χ0v) is 15.9. The molecule has 0 aromatic rings. The van der Waals surface area contributed by atoms with E-state index in [1.807, 2.05) is 0 Å². The fourth-order valence-electron chi connectivity index (χ4n) is 2.18. The number of amides is 3. The number of hydrogen-bond donors (Lipinski definition) is 5. The Labute approximate surface area is 161 Å². The van der Waals surface area contributed by atoms with E-state index in [0.717, 1.165) is 0 Å². The highest BCUT2D eigenvalue weighted by Crippen LogP contribution is 2.10. The Balaban J connectivity index is 2.43. The van der Waals surface area contributed by atoms with Gasteiger partial charge in [-0.05, 0) is 27.2 Å². The Bertz CT molecular complexity index is 618. The summed E-state index contributed by atoms with van der Waals surface area (Å²) in [6, 6.07) is -0.615. The number of nitrogens with zero attached hydrogens (tertiary/aromatic N) is 2. The first-order valence-corrected chi connectivity index (χ1v) is 8.47. The van der Waals surface area contributed by atoms with Gasteiger partial charge in [-0.2, -0.15) is 0 Å². The standard InChI is InChI=1S/C15H26N6O7/c1-15(2,3)28-14(26)19-12(18-13(24)25)20-27-7-5-17-10(8-22)21-6-4-9(16)11(21)23/h8-10,17H,4-7,16H2,1-3H3,(H,24,25)(H2,18,19,20,26)/t9-,10?/m0/s1. The summed E-state index contributed by atoms with van der Waals surface area (Å²) in [5, 5.41) is 13.6. The number of carbonyl (C=O) groups excluding carboxylic acids is 3. The Morgan fingerprint density at radius 2 is 2.14 bits per heavy atom. The molecule has 28 heavy (non-hydrogen) atoms. The van der Waals surface area contributed by atoms with Gasteiger partial charge in [0.25, 0.3) is 0 Å². The van der Waals surface area contributed by atoms with E-state index in [0.29, 0.717) is 19.3 Å². The fraction of sp³-hybridized carbons (Fsp3) is 0.667. The molecule has 0 aromatic carbocycles. The van der Waals surface area contributed by atoms with Gasteiger partial charge in [-0.25, -0.2) is 15.1 Å². The molecule has 1 heterocycles. The lowest BCUT2D eigenvalue weighted by molar-refractivity contribution is -0.134. The number of likely N-dealkylation sites (tertiary alicyclic amines) is 1. The lowest BCUT2D eigenvalue weighted by atomic mass is 10.2. The molecule has 6 N–H and O–H groups in total. The first kappa shape index (κ1) is 23.3. The van der Waals surface area contributed by atoms with Crippen molar-refractivity contribution < 1.29 is 33.9 Å². The molecule has 13 heteroatoms. The number of guanidine groups is 1. The Hall–Kier alpha value is -2.77. The van der Waals surface area contributed by atoms with Crippen LogP contribution in [0.4, 0.5) is 9.59 Å². The molecule has 0 aliphatic carbocycles. The van der Waals surface area contributed by atoms with Gasteiger partial charge in [0.1, 0.15) is 11.8 Å². The van der Waals surface area contributed by atoms with Crippen LogP contribution in [0.25, 0.3) is 0 Å². The van der Waals surface area contributed by atoms with Crippen molar-refractivity contribution in [2.45, 2.75) is 45.0 Å². The van der Waals surface area contributed by atoms with Crippen molar-refractivity contribution in [2.24, 2.45) is 10.7 Å². The Morgan fingerprint density at radius 1 is 1.46 bits per heavy atom. The average Bonchev–Trinajstić information content (AvgIpc) is 2.88. The van der Waals surface area contributed by atoms with E-state index < -0.39 is 36.0 Å². The van der Waals surface area contributed by atoms with Gasteiger partial charge in [0.15, 0.2) is 6.29 Å². The predicted octanol–water partition coefficient (Wildman–Crippen LogP) is -1.26. The minimum absolute atomic E-state index is 0.0486. The Morgan fingerprint density at radius 3 is 2.64 bits per heavy atom. The second kappa shape index (κ2) is 10.5. The smallest absolute Gasteiger partial charge is 0.434 e. The lowest BCUT2D eigenvalue weighted by Gasteiger charge is -2.24. The fourth-order valence-corrected chi connectivity index (χ4v) is 2.18. The van der Waals surface area contributed by atoms with Crippen molar-refractivity contribution in [3.05, 3.63) is 0 Å². The summed E-state index contributed by atoms with van der Waals surface area (Å²) in [6.07, 6.45) is -2.30. The van der Waals surface area contributed by atoms with E-state index in [1.165, 1.54) is 4.90 Å². The van der Waals surface area contributed by atoms with E-state index in [4.69, 9.17) is 20.4 Å². The second-order valence-corrected chi connectivity index (χ2v) is 6.78. The molecule has 0 spiro atoms. The molecule has 2 atom stereocenters. The van der Waals surface area contributed by atoms with Crippen molar-refractivity contribution in [2.75, 3.05) is 19.7 Å². The van der Waals surface area contributed by atoms with Crippen LogP contribution < -0.4 is 21.8 Å². The third-order valence-corrected chi connectivity index (χ3v) is 3.30. The minimum Gasteiger partial charge on any atom is -0.463 e. The summed E-state index contributed by atoms with van der Waals surface area (Å²) in [5.74, 6) is -0.810. The zero-order valence-electron chi connectivity index (χ0n) is 15.9. The summed E-state index contributed by atoms with van der Waals surface area (Å²) < 4.78 is 4.98. The number of hydrogen-bond acceptors (Lipinski definition) is 8. The number of carbonyl (C=O) groups is 4. The van der Waals surface area contributed by atoms with Crippen LogP contribution in [0, 0.1) is 0 Å². The van der Waals surface area contributed by atoms with Crippen LogP contribution >= 0.6 is 0 Å². The van der Waals surface area contributed by atoms with Crippen LogP contribution in [0.1, 0.15) is 27.2 Å². The quantitative estimate of drug-likeness (QED) is 0.113. The summed E-state index contributed by atoms with van der Waals surface area (Å²) >= 11 is 0. The topological polar surface area (TPSA) is 185 Å². The maximum atomic E-state index is 11.8. The largest absolute Gasteiger partial charge is 0.463 e. The number of alkyl carbamates (subject to hydrolysis) is 1. The van der Waals surface area contributed by atoms with Gasteiger partial charge in [0.05, 0.1) is 12.6 Å². The second-order valence-electron chi connectivity index (χ2n) is 6.78. The van der Waals surface area contributed by atoms with Crippen LogP contribution in [0.3, 0.4) is 0 Å². The van der Waals surface area contributed by atoms with Gasteiger partial charge in [0, 0.05) is 13.1 Å². The summed E-state index contributed by atoms with van der Waals surface area (Å²) in [5.41, 5.74) is 7.00. The molecule has 158 valence electrons. The van der Waals surface area contributed by atoms with Crippen LogP contribution in [0.15, 0.2) is 4.99 Å². The molecule has 1 aliphatic heterocycles. The average molecular weight is 402 g/mol. The van der Waals surface area contributed by atoms with Crippen molar-refractivity contribution >= 4 is 30.3 Å². The number of carboxylic acid groups (broad SMARTS) is 1. The van der Waals surface area contributed by atoms with Crippen LogP contribution in [-0.2, 0) is 19.2 Å². The van der Waals surface area contributed by atoms with Gasteiger partial charge >= 0.3 is 12.2 Å². The third kappa shape index (κ3) is 8.28. The molecule has 0 aromatic heterocycles. The number of ether oxygens (including phenoxy) is 1. The maximum Gasteiger partial charge on any atom is 0.434 e. The first-order valence-electron chi connectivity index (χ1n) is 8.47. The molecular formula is C15H26N6O7. The van der Waals surface area contributed by atoms with Crippen LogP contribution in [0.2, 0.25) is 0 Å². The number of nitrogens with one attached hydrogen (secondary N) is 3. The third-order valence-electron chi connectivity index (χ3n) is 3.30. The highest BCUT2D eigenvalue weighted by atomic mass is 16.6. The highest BCUT2D eigenvalue weighted by molar-refractivity contribution is 5.98. The minimum atomic E-state index is -1.56. The zero-order chi connectivity index (χ0) is 21.3. The molecule has 3 amide bonds. The van der Waals surface area contributed by atoms with Crippen molar-refractivity contribution in [1.29, 1.82) is 0 Å². The van der Waals surface area contributed by atoms with Gasteiger partial charge < -0.3 is 20.5 Å². The SMILES string of the molecule is CC(C)(C)OC(=O)NC(=NC(=O)O)NOCCNC(C=O)N1CC[C@H](N)C1=O. The maximum absolute atomic E-state index is 11.8. The molecule has 1 unspecified atom stereocenters. The van der Waals surface area contributed by atoms with Gasteiger partial charge in [0.2, 0.25) is 11.9 Å². The number of aldehydes is 1. The van der Waals surface area contributed by atoms with Crippen molar-refractivity contribution in [1.82, 2.24) is 21.0 Å². The number of hydroxylamine groups is 1. The van der Waals surface area contributed by atoms with E-state index in [2.05, 4.69) is 21.1 Å². The van der Waals surface area contributed by atoms with Crippen molar-refractivity contribution in [3.8, 4) is 0 Å². The van der Waals surface area contributed by atoms with Gasteiger partial charge in [-0.15, -0.1) is 4.99 Å². The predicted molar refractivity (Wildman–Crippen MR) is 96.1 cm³/mol. The summed E-state index contributed by atoms with van der Waals surface area (Å²) in [7, 11) is 0. The molecule has 1 fully saturated rings. The van der Waals surface area contributed by atoms with Crippen LogP contribution in [-0.4, -0.2) is 77.9 Å². The molecule has 13 nitrogen and oxygen atoms in total. The van der Waals surface area contributed by atoms with Crippen LogP contribution in [0.5, 0.6) is 0 Å². The molecule has 0 bridgehead atoms. The molecule has 1 rings (SSSR count). The van der Waals surface area contributed by atoms with Gasteiger partial charge in [-0.3, -0.25) is 25.1 Å². The summed E-state index contributed by atoms with van der Waals surface area (Å²) in [4.78, 5) is 54.8. The van der Waals surface area contributed by atoms with Gasteiger partial charge in [-0.1, -0.05) is 0 Å². The number of aliphatic imine (C=N–C) groups is 1. The molecule has 0 saturated carbocycles. The summed E-state index contributed by atoms with van der Waals surface area (Å²) in [6.45, 7) is 5.35. The molecule has 1 saturated heterocycles.